The fourth-order valence-corrected chi connectivity index (χ4v) is 9.09. The smallest absolute Gasteiger partial charge is 0.410 e. The Morgan fingerprint density at radius 2 is 1.81 bits per heavy atom. The van der Waals surface area contributed by atoms with Crippen molar-refractivity contribution < 1.29 is 33.3 Å². The van der Waals surface area contributed by atoms with Gasteiger partial charge in [-0.3, -0.25) is 14.7 Å². The quantitative estimate of drug-likeness (QED) is 0.183. The molecule has 8 rings (SSSR count). The lowest BCUT2D eigenvalue weighted by molar-refractivity contribution is -0.134. The molecule has 306 valence electrons. The van der Waals surface area contributed by atoms with Crippen molar-refractivity contribution >= 4 is 40.3 Å². The summed E-state index contributed by atoms with van der Waals surface area (Å²) in [5.41, 5.74) is 7.49. The van der Waals surface area contributed by atoms with E-state index in [1.165, 1.54) is 7.11 Å². The number of amides is 3. The van der Waals surface area contributed by atoms with Crippen molar-refractivity contribution in [2.45, 2.75) is 91.1 Å². The van der Waals surface area contributed by atoms with Gasteiger partial charge in [-0.1, -0.05) is 39.0 Å². The standard InChI is InChI=1S/C45H54N6O7/c1-24(2)40(49-43(53)56-8)42(52)50-21-26(22-55-7)14-37(50)35-17-32-31-18-39-33(16-27(31)10-12-34(32)47-35)30-11-9-28(15-29(30)23-57-39)36-19-46-41(48-36)38-13-25(3)20-51(38)44(54)58-45(4,5)6/h9-12,15-16,18-19,24-26,37-38,40H,13-14,17,20-23H2,1-8H3,(H,46,48)(H,49,53)/t25-,26-,37-,38-,40-/m0/s1. The number of benzene rings is 3. The molecule has 2 fully saturated rings. The van der Waals surface area contributed by atoms with E-state index >= 15 is 0 Å². The summed E-state index contributed by atoms with van der Waals surface area (Å²) >= 11 is 0. The van der Waals surface area contributed by atoms with Crippen LogP contribution in [0.15, 0.2) is 53.7 Å². The third kappa shape index (κ3) is 7.52. The highest BCUT2D eigenvalue weighted by Gasteiger charge is 2.43. The molecule has 13 heteroatoms. The van der Waals surface area contributed by atoms with Gasteiger partial charge in [0.2, 0.25) is 5.91 Å². The zero-order valence-electron chi connectivity index (χ0n) is 34.7. The molecule has 0 bridgehead atoms. The number of ether oxygens (including phenoxy) is 4. The van der Waals surface area contributed by atoms with Crippen molar-refractivity contribution in [2.75, 3.05) is 33.9 Å². The first-order valence-electron chi connectivity index (χ1n) is 20.3. The largest absolute Gasteiger partial charge is 0.488 e. The molecule has 0 radical (unpaired) electrons. The van der Waals surface area contributed by atoms with Gasteiger partial charge in [0.25, 0.3) is 0 Å². The van der Waals surface area contributed by atoms with Gasteiger partial charge in [0, 0.05) is 43.8 Å². The molecule has 4 aliphatic rings. The number of alkyl carbamates (subject to hydrolysis) is 1. The summed E-state index contributed by atoms with van der Waals surface area (Å²) in [6.07, 6.45) is 3.05. The maximum absolute atomic E-state index is 14.1. The number of rotatable bonds is 8. The highest BCUT2D eigenvalue weighted by molar-refractivity contribution is 6.06. The molecule has 2 N–H and O–H groups in total. The number of methoxy groups -OCH3 is 2. The molecule has 3 amide bonds. The summed E-state index contributed by atoms with van der Waals surface area (Å²) in [6, 6.07) is 13.8. The number of carbonyl (C=O) groups excluding carboxylic acids is 3. The van der Waals surface area contributed by atoms with E-state index in [2.05, 4.69) is 59.7 Å². The Morgan fingerprint density at radius 1 is 1.00 bits per heavy atom. The molecule has 4 aliphatic heterocycles. The number of fused-ring (bicyclic) bond motifs is 6. The number of nitrogens with one attached hydrogen (secondary N) is 2. The average Bonchev–Trinajstić information content (AvgIpc) is 4.00. The van der Waals surface area contributed by atoms with Crippen molar-refractivity contribution in [3.05, 3.63) is 65.6 Å². The molecule has 13 nitrogen and oxygen atoms in total. The molecule has 0 spiro atoms. The second kappa shape index (κ2) is 15.4. The number of aromatic amines is 1. The van der Waals surface area contributed by atoms with E-state index in [9.17, 15) is 14.4 Å². The summed E-state index contributed by atoms with van der Waals surface area (Å²) in [5, 5.41) is 4.93. The molecule has 0 unspecified atom stereocenters. The van der Waals surface area contributed by atoms with Crippen molar-refractivity contribution in [1.82, 2.24) is 25.1 Å². The number of hydrogen-bond donors (Lipinski definition) is 2. The lowest BCUT2D eigenvalue weighted by Crippen LogP contribution is -2.53. The highest BCUT2D eigenvalue weighted by Crippen LogP contribution is 2.45. The molecular weight excluding hydrogens is 737 g/mol. The minimum Gasteiger partial charge on any atom is -0.488 e. The maximum Gasteiger partial charge on any atom is 0.410 e. The number of carbonyl (C=O) groups is 3. The molecule has 1 aromatic heterocycles. The summed E-state index contributed by atoms with van der Waals surface area (Å²) in [7, 11) is 2.98. The molecule has 5 atom stereocenters. The zero-order valence-corrected chi connectivity index (χ0v) is 34.7. The Bertz CT molecular complexity index is 2290. The third-order valence-electron chi connectivity index (χ3n) is 11.8. The monoisotopic (exact) mass is 790 g/mol. The van der Waals surface area contributed by atoms with Crippen LogP contribution in [-0.2, 0) is 32.0 Å². The molecule has 5 heterocycles. The number of nitrogens with zero attached hydrogens (tertiary/aromatic N) is 4. The van der Waals surface area contributed by atoms with Gasteiger partial charge < -0.3 is 34.1 Å². The van der Waals surface area contributed by atoms with Crippen LogP contribution in [0.3, 0.4) is 0 Å². The van der Waals surface area contributed by atoms with Gasteiger partial charge in [-0.15, -0.1) is 0 Å². The van der Waals surface area contributed by atoms with Crippen LogP contribution in [0.5, 0.6) is 5.75 Å². The van der Waals surface area contributed by atoms with Gasteiger partial charge in [-0.25, -0.2) is 14.6 Å². The number of aromatic nitrogens is 2. The summed E-state index contributed by atoms with van der Waals surface area (Å²) in [4.78, 5) is 56.4. The van der Waals surface area contributed by atoms with Gasteiger partial charge in [0.05, 0.1) is 43.4 Å². The molecule has 58 heavy (non-hydrogen) atoms. The molecular formula is C45H54N6O7. The van der Waals surface area contributed by atoms with Crippen LogP contribution in [-0.4, -0.2) is 95.2 Å². The van der Waals surface area contributed by atoms with E-state index in [0.717, 1.165) is 80.1 Å². The second-order valence-electron chi connectivity index (χ2n) is 17.7. The van der Waals surface area contributed by atoms with Crippen LogP contribution >= 0.6 is 0 Å². The Morgan fingerprint density at radius 3 is 2.55 bits per heavy atom. The molecule has 2 saturated heterocycles. The Labute approximate surface area is 339 Å². The second-order valence-corrected chi connectivity index (χ2v) is 17.7. The van der Waals surface area contributed by atoms with E-state index in [-0.39, 0.29) is 35.9 Å². The van der Waals surface area contributed by atoms with Crippen molar-refractivity contribution in [3.63, 3.8) is 0 Å². The van der Waals surface area contributed by atoms with Crippen LogP contribution in [0.1, 0.15) is 77.4 Å². The van der Waals surface area contributed by atoms with Gasteiger partial charge >= 0.3 is 12.2 Å². The normalized spacial score (nSPS) is 21.6. The first-order valence-corrected chi connectivity index (χ1v) is 20.3. The Balaban J connectivity index is 1.03. The highest BCUT2D eigenvalue weighted by atomic mass is 16.6. The topological polar surface area (TPSA) is 148 Å². The third-order valence-corrected chi connectivity index (χ3v) is 11.8. The number of imidazole rings is 1. The van der Waals surface area contributed by atoms with Crippen LogP contribution < -0.4 is 10.1 Å². The average molecular weight is 791 g/mol. The predicted octanol–water partition coefficient (Wildman–Crippen LogP) is 7.98. The van der Waals surface area contributed by atoms with E-state index in [1.54, 1.807) is 12.0 Å². The van der Waals surface area contributed by atoms with Crippen molar-refractivity contribution in [2.24, 2.45) is 22.7 Å². The predicted molar refractivity (Wildman–Crippen MR) is 221 cm³/mol. The van der Waals surface area contributed by atoms with E-state index in [1.807, 2.05) is 45.7 Å². The minimum atomic E-state index is -0.723. The lowest BCUT2D eigenvalue weighted by atomic mass is 9.90. The minimum absolute atomic E-state index is 0.133. The first-order chi connectivity index (χ1) is 27.7. The van der Waals surface area contributed by atoms with E-state index in [0.29, 0.717) is 38.6 Å². The maximum atomic E-state index is 14.1. The molecule has 0 aliphatic carbocycles. The van der Waals surface area contributed by atoms with Crippen molar-refractivity contribution in [3.8, 4) is 28.1 Å². The zero-order chi connectivity index (χ0) is 41.0. The molecule has 0 saturated carbocycles. The van der Waals surface area contributed by atoms with Crippen LogP contribution in [0, 0.1) is 17.8 Å². The van der Waals surface area contributed by atoms with Crippen LogP contribution in [0.4, 0.5) is 15.3 Å². The lowest BCUT2D eigenvalue weighted by Gasteiger charge is -2.31. The molecule has 4 aromatic rings. The summed E-state index contributed by atoms with van der Waals surface area (Å²) in [5.74, 6) is 1.79. The number of hydrogen-bond acceptors (Lipinski definition) is 9. The fourth-order valence-electron chi connectivity index (χ4n) is 9.09. The fraction of sp³-hybridized carbons (Fsp3) is 0.489. The van der Waals surface area contributed by atoms with Crippen molar-refractivity contribution in [1.29, 1.82) is 0 Å². The van der Waals surface area contributed by atoms with Crippen LogP contribution in [0.25, 0.3) is 33.2 Å². The number of likely N-dealkylation sites (tertiary alicyclic amines) is 2. The first kappa shape index (κ1) is 39.4. The summed E-state index contributed by atoms with van der Waals surface area (Å²) in [6.45, 7) is 13.7. The van der Waals surface area contributed by atoms with Crippen LogP contribution in [0.2, 0.25) is 0 Å². The Hall–Kier alpha value is -5.43. The van der Waals surface area contributed by atoms with Gasteiger partial charge in [-0.05, 0) is 103 Å². The SMILES string of the molecule is COC[C@H]1C[C@@H](C2=Nc3ccc4cc5c(cc4c3C2)OCc2cc(-c3cnc([C@@H]4C[C@H](C)CN4C(=O)OC(C)(C)C)[nH]3)ccc2-5)N(C(=O)[C@@H](NC(=O)OC)C(C)C)C1. The van der Waals surface area contributed by atoms with E-state index < -0.39 is 17.7 Å². The van der Waals surface area contributed by atoms with Gasteiger partial charge in [-0.2, -0.15) is 0 Å². The molecule has 3 aromatic carbocycles. The Kier molecular flexibility index (Phi) is 10.5. The van der Waals surface area contributed by atoms with Gasteiger partial charge in [0.15, 0.2) is 0 Å². The van der Waals surface area contributed by atoms with E-state index in [4.69, 9.17) is 28.9 Å². The summed E-state index contributed by atoms with van der Waals surface area (Å²) < 4.78 is 22.6. The number of aliphatic imine (C=N–C) groups is 1. The number of H-pyrrole nitrogens is 1. The van der Waals surface area contributed by atoms with Gasteiger partial charge in [0.1, 0.15) is 29.8 Å².